The highest BCUT2D eigenvalue weighted by molar-refractivity contribution is 6.31. The maximum Gasteiger partial charge on any atom is 0.167 e. The predicted molar refractivity (Wildman–Crippen MR) is 58.1 cm³/mol. The molecule has 1 N–H and O–H groups in total. The number of carbonyl (C=O) groups is 1. The van der Waals surface area contributed by atoms with E-state index >= 15 is 0 Å². The Morgan fingerprint density at radius 3 is 2.86 bits per heavy atom. The average Bonchev–Trinajstić information content (AvgIpc) is 2.00. The van der Waals surface area contributed by atoms with Crippen molar-refractivity contribution in [2.75, 3.05) is 5.32 Å². The molecule has 74 valence electrons. The SMILES string of the molecule is CC1(C)CC(=O)c2ccc(Cl)cc2N1. The van der Waals surface area contributed by atoms with Gasteiger partial charge in [-0.2, -0.15) is 0 Å². The zero-order chi connectivity index (χ0) is 10.3. The molecule has 0 spiro atoms. The summed E-state index contributed by atoms with van der Waals surface area (Å²) in [4.78, 5) is 11.7. The average molecular weight is 210 g/mol. The molecule has 1 aliphatic heterocycles. The molecular formula is C11H12ClNO. The van der Waals surface area contributed by atoms with Crippen LogP contribution in [0.3, 0.4) is 0 Å². The van der Waals surface area contributed by atoms with Gasteiger partial charge in [0.05, 0.1) is 0 Å². The summed E-state index contributed by atoms with van der Waals surface area (Å²) in [6.07, 6.45) is 0.529. The minimum absolute atomic E-state index is 0.172. The van der Waals surface area contributed by atoms with Crippen LogP contribution >= 0.6 is 11.6 Å². The van der Waals surface area contributed by atoms with Crippen LogP contribution in [0.1, 0.15) is 30.6 Å². The van der Waals surface area contributed by atoms with Crippen molar-refractivity contribution in [3.8, 4) is 0 Å². The Morgan fingerprint density at radius 1 is 1.43 bits per heavy atom. The van der Waals surface area contributed by atoms with E-state index in [9.17, 15) is 4.79 Å². The first-order valence-corrected chi connectivity index (χ1v) is 4.97. The number of ketones is 1. The van der Waals surface area contributed by atoms with Crippen molar-refractivity contribution in [3.63, 3.8) is 0 Å². The van der Waals surface area contributed by atoms with Crippen LogP contribution in [0.25, 0.3) is 0 Å². The monoisotopic (exact) mass is 209 g/mol. The highest BCUT2D eigenvalue weighted by atomic mass is 35.5. The summed E-state index contributed by atoms with van der Waals surface area (Å²) in [5, 5.41) is 3.96. The van der Waals surface area contributed by atoms with Gasteiger partial charge < -0.3 is 5.32 Å². The first-order valence-electron chi connectivity index (χ1n) is 4.59. The largest absolute Gasteiger partial charge is 0.379 e. The molecular weight excluding hydrogens is 198 g/mol. The summed E-state index contributed by atoms with van der Waals surface area (Å²) in [6, 6.07) is 5.33. The van der Waals surface area contributed by atoms with E-state index in [1.807, 2.05) is 13.8 Å². The molecule has 0 bridgehead atoms. The zero-order valence-electron chi connectivity index (χ0n) is 8.23. The fourth-order valence-electron chi connectivity index (χ4n) is 1.77. The molecule has 0 unspecified atom stereocenters. The smallest absolute Gasteiger partial charge is 0.167 e. The number of hydrogen-bond donors (Lipinski definition) is 1. The second-order valence-corrected chi connectivity index (χ2v) is 4.74. The van der Waals surface area contributed by atoms with Crippen molar-refractivity contribution >= 4 is 23.1 Å². The fourth-order valence-corrected chi connectivity index (χ4v) is 1.94. The van der Waals surface area contributed by atoms with Crippen LogP contribution in [0.2, 0.25) is 5.02 Å². The van der Waals surface area contributed by atoms with Gasteiger partial charge in [-0.05, 0) is 32.0 Å². The molecule has 0 radical (unpaired) electrons. The third-order valence-electron chi connectivity index (χ3n) is 2.36. The minimum Gasteiger partial charge on any atom is -0.379 e. The molecule has 0 fully saturated rings. The second-order valence-electron chi connectivity index (χ2n) is 4.30. The lowest BCUT2D eigenvalue weighted by molar-refractivity contribution is 0.0958. The van der Waals surface area contributed by atoms with Crippen LogP contribution in [-0.4, -0.2) is 11.3 Å². The molecule has 1 aliphatic rings. The Hall–Kier alpha value is -1.02. The number of rotatable bonds is 0. The van der Waals surface area contributed by atoms with E-state index in [-0.39, 0.29) is 11.3 Å². The van der Waals surface area contributed by atoms with Gasteiger partial charge in [0, 0.05) is 28.2 Å². The van der Waals surface area contributed by atoms with E-state index in [2.05, 4.69) is 5.32 Å². The van der Waals surface area contributed by atoms with Gasteiger partial charge >= 0.3 is 0 Å². The van der Waals surface area contributed by atoms with Crippen LogP contribution in [0, 0.1) is 0 Å². The Morgan fingerprint density at radius 2 is 2.14 bits per heavy atom. The quantitative estimate of drug-likeness (QED) is 0.712. The van der Waals surface area contributed by atoms with Gasteiger partial charge in [-0.15, -0.1) is 0 Å². The molecule has 2 rings (SSSR count). The lowest BCUT2D eigenvalue weighted by Crippen LogP contribution is -2.38. The van der Waals surface area contributed by atoms with Crippen molar-refractivity contribution < 1.29 is 4.79 Å². The van der Waals surface area contributed by atoms with Crippen molar-refractivity contribution in [2.24, 2.45) is 0 Å². The van der Waals surface area contributed by atoms with Crippen molar-refractivity contribution in [1.82, 2.24) is 0 Å². The van der Waals surface area contributed by atoms with Gasteiger partial charge in [0.1, 0.15) is 0 Å². The summed E-state index contributed by atoms with van der Waals surface area (Å²) in [7, 11) is 0. The van der Waals surface area contributed by atoms with Gasteiger partial charge in [-0.1, -0.05) is 11.6 Å². The number of benzene rings is 1. The molecule has 0 saturated carbocycles. The van der Waals surface area contributed by atoms with Gasteiger partial charge in [-0.25, -0.2) is 0 Å². The second kappa shape index (κ2) is 2.99. The van der Waals surface area contributed by atoms with Crippen molar-refractivity contribution in [1.29, 1.82) is 0 Å². The minimum atomic E-state index is -0.172. The summed E-state index contributed by atoms with van der Waals surface area (Å²) >= 11 is 5.87. The first-order chi connectivity index (χ1) is 6.48. The van der Waals surface area contributed by atoms with E-state index in [1.165, 1.54) is 0 Å². The molecule has 0 aliphatic carbocycles. The van der Waals surface area contributed by atoms with E-state index in [4.69, 9.17) is 11.6 Å². The Kier molecular flexibility index (Phi) is 2.04. The Balaban J connectivity index is 2.51. The summed E-state index contributed by atoms with van der Waals surface area (Å²) in [5.74, 6) is 0.181. The zero-order valence-corrected chi connectivity index (χ0v) is 8.98. The van der Waals surface area contributed by atoms with Crippen LogP contribution in [0.15, 0.2) is 18.2 Å². The van der Waals surface area contributed by atoms with Crippen LogP contribution in [0.5, 0.6) is 0 Å². The predicted octanol–water partition coefficient (Wildman–Crippen LogP) is 3.12. The lowest BCUT2D eigenvalue weighted by atomic mass is 9.88. The maximum atomic E-state index is 11.7. The molecule has 0 saturated heterocycles. The number of carbonyl (C=O) groups excluding carboxylic acids is 1. The molecule has 0 aromatic heterocycles. The van der Waals surface area contributed by atoms with Gasteiger partial charge in [-0.3, -0.25) is 4.79 Å². The number of halogens is 1. The van der Waals surface area contributed by atoms with E-state index < -0.39 is 0 Å². The Labute approximate surface area is 88.3 Å². The molecule has 0 atom stereocenters. The molecule has 1 aromatic rings. The number of fused-ring (bicyclic) bond motifs is 1. The third kappa shape index (κ3) is 1.62. The Bertz CT molecular complexity index is 398. The van der Waals surface area contributed by atoms with Gasteiger partial charge in [0.2, 0.25) is 0 Å². The van der Waals surface area contributed by atoms with Crippen LogP contribution < -0.4 is 5.32 Å². The summed E-state index contributed by atoms with van der Waals surface area (Å²) in [5.41, 5.74) is 1.42. The van der Waals surface area contributed by atoms with Gasteiger partial charge in [0.15, 0.2) is 5.78 Å². The number of Topliss-reactive ketones (excluding diaryl/α,β-unsaturated/α-hetero) is 1. The van der Waals surface area contributed by atoms with E-state index in [0.717, 1.165) is 11.3 Å². The van der Waals surface area contributed by atoms with Crippen molar-refractivity contribution in [2.45, 2.75) is 25.8 Å². The topological polar surface area (TPSA) is 29.1 Å². The number of anilines is 1. The summed E-state index contributed by atoms with van der Waals surface area (Å²) < 4.78 is 0. The molecule has 2 nitrogen and oxygen atoms in total. The van der Waals surface area contributed by atoms with Crippen molar-refractivity contribution in [3.05, 3.63) is 28.8 Å². The summed E-state index contributed by atoms with van der Waals surface area (Å²) in [6.45, 7) is 4.02. The molecule has 1 aromatic carbocycles. The number of nitrogens with one attached hydrogen (secondary N) is 1. The molecule has 0 amide bonds. The third-order valence-corrected chi connectivity index (χ3v) is 2.59. The van der Waals surface area contributed by atoms with E-state index in [1.54, 1.807) is 18.2 Å². The molecule has 14 heavy (non-hydrogen) atoms. The van der Waals surface area contributed by atoms with Crippen LogP contribution in [0.4, 0.5) is 5.69 Å². The van der Waals surface area contributed by atoms with Gasteiger partial charge in [0.25, 0.3) is 0 Å². The first kappa shape index (κ1) is 9.53. The van der Waals surface area contributed by atoms with E-state index in [0.29, 0.717) is 11.4 Å². The standard InChI is InChI=1S/C11H12ClNO/c1-11(2)6-10(14)8-4-3-7(12)5-9(8)13-11/h3-5,13H,6H2,1-2H3. The lowest BCUT2D eigenvalue weighted by Gasteiger charge is -2.32. The highest BCUT2D eigenvalue weighted by Gasteiger charge is 2.29. The fraction of sp³-hybridized carbons (Fsp3) is 0.364. The van der Waals surface area contributed by atoms with Crippen LogP contribution in [-0.2, 0) is 0 Å². The normalized spacial score (nSPS) is 18.6. The number of hydrogen-bond acceptors (Lipinski definition) is 2. The molecule has 1 heterocycles. The maximum absolute atomic E-state index is 11.7. The molecule has 3 heteroatoms. The highest BCUT2D eigenvalue weighted by Crippen LogP contribution is 2.32.